The maximum absolute atomic E-state index is 13.3. The first kappa shape index (κ1) is 45.8. The molecule has 0 aromatic rings. The van der Waals surface area contributed by atoms with E-state index in [4.69, 9.17) is 9.47 Å². The molecule has 0 spiro atoms. The Labute approximate surface area is 308 Å². The standard InChI is InChI=1S/C40H72O7S2/c1-13-20-32-39(30(6)36(44)45,48-26-33(41)46-23-18-14-16-21-28(2)3)25-31(37(7,8)9)35(43)40(32,38(10,11)12)49-27-34(42)47-24-19-15-17-22-29(4)5/h25,28-30,32,35,43H,13-24,26-27H2,1-12H3,(H,44,45). The maximum atomic E-state index is 13.3. The van der Waals surface area contributed by atoms with E-state index in [9.17, 15) is 24.6 Å². The highest BCUT2D eigenvalue weighted by molar-refractivity contribution is 8.02. The number of aliphatic hydroxyl groups is 1. The van der Waals surface area contributed by atoms with E-state index in [-0.39, 0.29) is 29.4 Å². The summed E-state index contributed by atoms with van der Waals surface area (Å²) in [5.74, 6) is -1.58. The lowest BCUT2D eigenvalue weighted by Gasteiger charge is -2.62. The van der Waals surface area contributed by atoms with Gasteiger partial charge in [0.25, 0.3) is 0 Å². The number of aliphatic carboxylic acids is 1. The number of hydrogen-bond donors (Lipinski definition) is 2. The van der Waals surface area contributed by atoms with E-state index in [0.29, 0.717) is 31.5 Å². The van der Waals surface area contributed by atoms with Gasteiger partial charge in [0.1, 0.15) is 0 Å². The molecule has 2 N–H and O–H groups in total. The summed E-state index contributed by atoms with van der Waals surface area (Å²) in [4.78, 5) is 39.5. The molecule has 0 aromatic carbocycles. The van der Waals surface area contributed by atoms with Gasteiger partial charge < -0.3 is 19.7 Å². The van der Waals surface area contributed by atoms with Crippen molar-refractivity contribution in [1.82, 2.24) is 0 Å². The summed E-state index contributed by atoms with van der Waals surface area (Å²) >= 11 is 2.74. The van der Waals surface area contributed by atoms with Crippen LogP contribution in [0.4, 0.5) is 0 Å². The molecule has 0 bridgehead atoms. The Morgan fingerprint density at radius 3 is 1.65 bits per heavy atom. The molecule has 0 saturated carbocycles. The smallest absolute Gasteiger partial charge is 0.315 e. The zero-order chi connectivity index (χ0) is 37.6. The molecule has 0 aromatic heterocycles. The molecule has 1 aliphatic rings. The van der Waals surface area contributed by atoms with Crippen molar-refractivity contribution < 1.29 is 34.1 Å². The topological polar surface area (TPSA) is 110 Å². The third kappa shape index (κ3) is 13.4. The highest BCUT2D eigenvalue weighted by Gasteiger charge is 2.65. The van der Waals surface area contributed by atoms with Crippen molar-refractivity contribution in [3.8, 4) is 0 Å². The first-order chi connectivity index (χ1) is 22.7. The molecule has 1 rings (SSSR count). The highest BCUT2D eigenvalue weighted by atomic mass is 32.2. The van der Waals surface area contributed by atoms with Crippen molar-refractivity contribution in [2.24, 2.45) is 34.5 Å². The number of hydrogen-bond acceptors (Lipinski definition) is 8. The number of unbranched alkanes of at least 4 members (excludes halogenated alkanes) is 4. The van der Waals surface area contributed by atoms with Gasteiger partial charge in [-0.1, -0.05) is 134 Å². The molecule has 0 saturated heterocycles. The van der Waals surface area contributed by atoms with Crippen LogP contribution in [0.25, 0.3) is 0 Å². The van der Waals surface area contributed by atoms with E-state index in [1.165, 1.54) is 23.5 Å². The molecule has 0 amide bonds. The number of thioether (sulfide) groups is 2. The van der Waals surface area contributed by atoms with Crippen LogP contribution >= 0.6 is 23.5 Å². The Kier molecular flexibility index (Phi) is 19.4. The van der Waals surface area contributed by atoms with Crippen LogP contribution in [0.3, 0.4) is 0 Å². The van der Waals surface area contributed by atoms with E-state index in [0.717, 1.165) is 63.4 Å². The zero-order valence-electron chi connectivity index (χ0n) is 33.1. The van der Waals surface area contributed by atoms with E-state index in [1.807, 2.05) is 26.8 Å². The Hall–Kier alpha value is -1.19. The average Bonchev–Trinajstić information content (AvgIpc) is 2.98. The quantitative estimate of drug-likeness (QED) is 0.0639. The van der Waals surface area contributed by atoms with Gasteiger partial charge in [-0.25, -0.2) is 0 Å². The summed E-state index contributed by atoms with van der Waals surface area (Å²) in [7, 11) is 0. The van der Waals surface area contributed by atoms with Crippen LogP contribution in [-0.4, -0.2) is 68.4 Å². The Morgan fingerprint density at radius 1 is 0.796 bits per heavy atom. The van der Waals surface area contributed by atoms with E-state index >= 15 is 0 Å². The summed E-state index contributed by atoms with van der Waals surface area (Å²) in [6.45, 7) is 25.6. The molecular weight excluding hydrogens is 657 g/mol. The van der Waals surface area contributed by atoms with Crippen molar-refractivity contribution in [2.45, 2.75) is 163 Å². The van der Waals surface area contributed by atoms with Gasteiger partial charge in [0.05, 0.1) is 46.2 Å². The SMILES string of the molecule is CCCC1C(SCC(=O)OCCCCCC(C)C)(C(C)C(=O)O)C=C(C(C)(C)C)C(O)C1(SCC(=O)OCCCCCC(C)C)C(C)(C)C. The monoisotopic (exact) mass is 728 g/mol. The Morgan fingerprint density at radius 2 is 1.27 bits per heavy atom. The number of carbonyl (C=O) groups excluding carboxylic acids is 2. The fraction of sp³-hybridized carbons (Fsp3) is 0.875. The Bertz CT molecular complexity index is 1060. The van der Waals surface area contributed by atoms with Crippen LogP contribution in [-0.2, 0) is 23.9 Å². The predicted molar refractivity (Wildman–Crippen MR) is 207 cm³/mol. The molecule has 0 heterocycles. The van der Waals surface area contributed by atoms with Gasteiger partial charge in [0.15, 0.2) is 0 Å². The third-order valence-electron chi connectivity index (χ3n) is 10.1. The van der Waals surface area contributed by atoms with Crippen molar-refractivity contribution in [1.29, 1.82) is 0 Å². The number of carboxylic acid groups (broad SMARTS) is 1. The maximum Gasteiger partial charge on any atom is 0.315 e. The largest absolute Gasteiger partial charge is 0.481 e. The van der Waals surface area contributed by atoms with Gasteiger partial charge in [-0.3, -0.25) is 14.4 Å². The van der Waals surface area contributed by atoms with Crippen LogP contribution in [0.2, 0.25) is 0 Å². The van der Waals surface area contributed by atoms with Crippen molar-refractivity contribution in [2.75, 3.05) is 24.7 Å². The Balaban J connectivity index is 3.54. The molecule has 0 aliphatic heterocycles. The average molecular weight is 729 g/mol. The number of rotatable bonds is 22. The molecule has 5 unspecified atom stereocenters. The number of esters is 2. The minimum absolute atomic E-state index is 0.00239. The third-order valence-corrected chi connectivity index (χ3v) is 13.7. The van der Waals surface area contributed by atoms with Gasteiger partial charge in [0, 0.05) is 0 Å². The first-order valence-electron chi connectivity index (χ1n) is 18.9. The van der Waals surface area contributed by atoms with E-state index in [2.05, 4.69) is 55.4 Å². The molecule has 5 atom stereocenters. The molecule has 0 radical (unpaired) electrons. The van der Waals surface area contributed by atoms with Crippen LogP contribution in [0.5, 0.6) is 0 Å². The second kappa shape index (κ2) is 20.7. The fourth-order valence-electron chi connectivity index (χ4n) is 7.23. The summed E-state index contributed by atoms with van der Waals surface area (Å²) in [6.07, 6.45) is 10.5. The lowest BCUT2D eigenvalue weighted by Crippen LogP contribution is -2.67. The van der Waals surface area contributed by atoms with Gasteiger partial charge in [-0.2, -0.15) is 0 Å². The molecule has 7 nitrogen and oxygen atoms in total. The van der Waals surface area contributed by atoms with Gasteiger partial charge in [0.2, 0.25) is 0 Å². The fourth-order valence-corrected chi connectivity index (χ4v) is 10.5. The zero-order valence-corrected chi connectivity index (χ0v) is 34.7. The summed E-state index contributed by atoms with van der Waals surface area (Å²) in [5, 5.41) is 23.2. The summed E-state index contributed by atoms with van der Waals surface area (Å²) in [5.41, 5.74) is -0.343. The molecule has 286 valence electrons. The van der Waals surface area contributed by atoms with Gasteiger partial charge in [-0.05, 0) is 53.4 Å². The lowest BCUT2D eigenvalue weighted by molar-refractivity contribution is -0.144. The molecule has 1 aliphatic carbocycles. The van der Waals surface area contributed by atoms with Crippen LogP contribution in [0, 0.1) is 34.5 Å². The molecule has 49 heavy (non-hydrogen) atoms. The van der Waals surface area contributed by atoms with Crippen molar-refractivity contribution in [3.05, 3.63) is 11.6 Å². The summed E-state index contributed by atoms with van der Waals surface area (Å²) in [6, 6.07) is 0. The van der Waals surface area contributed by atoms with E-state index < -0.39 is 38.3 Å². The van der Waals surface area contributed by atoms with Gasteiger partial charge in [-0.15, -0.1) is 23.5 Å². The lowest BCUT2D eigenvalue weighted by atomic mass is 9.55. The first-order valence-corrected chi connectivity index (χ1v) is 20.9. The summed E-state index contributed by atoms with van der Waals surface area (Å²) < 4.78 is 9.34. The van der Waals surface area contributed by atoms with Crippen molar-refractivity contribution in [3.63, 3.8) is 0 Å². The minimum atomic E-state index is -1.05. The van der Waals surface area contributed by atoms with Crippen molar-refractivity contribution >= 4 is 41.4 Å². The number of carboxylic acids is 1. The molecular formula is C40H72O7S2. The second-order valence-electron chi connectivity index (χ2n) is 17.1. The number of ether oxygens (including phenoxy) is 2. The molecule has 0 fully saturated rings. The number of aliphatic hydroxyl groups excluding tert-OH is 1. The molecule has 9 heteroatoms. The normalized spacial score (nSPS) is 23.8. The predicted octanol–water partition coefficient (Wildman–Crippen LogP) is 9.98. The minimum Gasteiger partial charge on any atom is -0.481 e. The van der Waals surface area contributed by atoms with E-state index in [1.54, 1.807) is 6.92 Å². The number of carbonyl (C=O) groups is 3. The van der Waals surface area contributed by atoms with Gasteiger partial charge >= 0.3 is 17.9 Å². The van der Waals surface area contributed by atoms with Crippen LogP contribution < -0.4 is 0 Å². The second-order valence-corrected chi connectivity index (χ2v) is 19.6. The van der Waals surface area contributed by atoms with Crippen LogP contribution in [0.1, 0.15) is 147 Å². The highest BCUT2D eigenvalue weighted by Crippen LogP contribution is 2.64. The van der Waals surface area contributed by atoms with Crippen LogP contribution in [0.15, 0.2) is 11.6 Å².